The Hall–Kier alpha value is -2.34. The molecule has 6 nitrogen and oxygen atoms in total. The van der Waals surface area contributed by atoms with Gasteiger partial charge in [-0.1, -0.05) is 0 Å². The molecule has 0 radical (unpaired) electrons. The van der Waals surface area contributed by atoms with Crippen molar-refractivity contribution in [1.82, 2.24) is 0 Å². The van der Waals surface area contributed by atoms with Crippen LogP contribution in [0, 0.1) is 0 Å². The van der Waals surface area contributed by atoms with E-state index >= 15 is 0 Å². The molecule has 2 aromatic rings. The molecule has 0 amide bonds. The molecule has 3 atom stereocenters. The summed E-state index contributed by atoms with van der Waals surface area (Å²) in [6.07, 6.45) is -0.805. The first-order valence-corrected chi connectivity index (χ1v) is 6.53. The summed E-state index contributed by atoms with van der Waals surface area (Å²) in [7, 11) is 1.51. The van der Waals surface area contributed by atoms with Gasteiger partial charge in [0.25, 0.3) is 0 Å². The van der Waals surface area contributed by atoms with Crippen molar-refractivity contribution < 1.29 is 23.4 Å². The third-order valence-electron chi connectivity index (χ3n) is 4.05. The normalized spacial score (nSPS) is 30.1. The zero-order valence-electron chi connectivity index (χ0n) is 11.4. The third-order valence-corrected chi connectivity index (χ3v) is 4.05. The van der Waals surface area contributed by atoms with E-state index in [2.05, 4.69) is 0 Å². The number of epoxide rings is 1. The summed E-state index contributed by atoms with van der Waals surface area (Å²) in [5.74, 6) is 0.133. The van der Waals surface area contributed by atoms with Gasteiger partial charge >= 0.3 is 11.6 Å². The van der Waals surface area contributed by atoms with E-state index in [-0.39, 0.29) is 12.1 Å². The van der Waals surface area contributed by atoms with Gasteiger partial charge in [0.05, 0.1) is 7.11 Å². The van der Waals surface area contributed by atoms with Crippen molar-refractivity contribution in [2.24, 2.45) is 0 Å². The Kier molecular flexibility index (Phi) is 2.28. The summed E-state index contributed by atoms with van der Waals surface area (Å²) in [5.41, 5.74) is -0.138. The summed E-state index contributed by atoms with van der Waals surface area (Å²) in [5, 5.41) is 0.732. The second-order valence-electron chi connectivity index (χ2n) is 5.36. The number of hydrogen-bond acceptors (Lipinski definition) is 6. The van der Waals surface area contributed by atoms with Crippen molar-refractivity contribution in [3.05, 3.63) is 40.2 Å². The lowest BCUT2D eigenvalue weighted by Gasteiger charge is -2.16. The molecule has 0 spiro atoms. The molecule has 6 heteroatoms. The smallest absolute Gasteiger partial charge is 0.341 e. The highest BCUT2D eigenvalue weighted by molar-refractivity contribution is 5.87. The first-order chi connectivity index (χ1) is 10.0. The Morgan fingerprint density at radius 2 is 2.05 bits per heavy atom. The van der Waals surface area contributed by atoms with Gasteiger partial charge in [-0.3, -0.25) is 0 Å². The van der Waals surface area contributed by atoms with Gasteiger partial charge in [0.15, 0.2) is 11.7 Å². The lowest BCUT2D eigenvalue weighted by Crippen LogP contribution is -2.17. The molecule has 4 rings (SSSR count). The van der Waals surface area contributed by atoms with Gasteiger partial charge in [-0.15, -0.1) is 0 Å². The highest BCUT2D eigenvalue weighted by Gasteiger charge is 2.70. The molecule has 0 bridgehead atoms. The van der Waals surface area contributed by atoms with Crippen LogP contribution in [-0.2, 0) is 14.3 Å². The van der Waals surface area contributed by atoms with Crippen molar-refractivity contribution in [3.8, 4) is 5.75 Å². The molecule has 3 heterocycles. The quantitative estimate of drug-likeness (QED) is 0.474. The van der Waals surface area contributed by atoms with Gasteiger partial charge in [-0.25, -0.2) is 9.59 Å². The number of ether oxygens (including phenoxy) is 3. The maximum atomic E-state index is 11.8. The summed E-state index contributed by atoms with van der Waals surface area (Å²) >= 11 is 0. The van der Waals surface area contributed by atoms with Crippen LogP contribution in [0.1, 0.15) is 18.6 Å². The Balaban J connectivity index is 1.87. The minimum atomic E-state index is -0.839. The second-order valence-corrected chi connectivity index (χ2v) is 5.36. The predicted molar refractivity (Wildman–Crippen MR) is 71.1 cm³/mol. The van der Waals surface area contributed by atoms with Crippen LogP contribution in [-0.4, -0.2) is 24.8 Å². The van der Waals surface area contributed by atoms with Crippen LogP contribution in [0.2, 0.25) is 0 Å². The van der Waals surface area contributed by atoms with E-state index in [1.807, 2.05) is 0 Å². The molecule has 0 N–H and O–H groups in total. The minimum absolute atomic E-state index is 0.299. The molecule has 2 aliphatic rings. The van der Waals surface area contributed by atoms with Crippen molar-refractivity contribution >= 4 is 16.9 Å². The van der Waals surface area contributed by atoms with Crippen LogP contribution in [0.15, 0.2) is 33.5 Å². The molecule has 0 unspecified atom stereocenters. The number of cyclic esters (lactones) is 1. The average Bonchev–Trinajstić information content (AvgIpc) is 3.09. The van der Waals surface area contributed by atoms with Gasteiger partial charge in [-0.2, -0.15) is 0 Å². The van der Waals surface area contributed by atoms with E-state index in [1.165, 1.54) is 13.2 Å². The fourth-order valence-corrected chi connectivity index (χ4v) is 2.78. The van der Waals surface area contributed by atoms with E-state index < -0.39 is 17.3 Å². The monoisotopic (exact) mass is 288 g/mol. The summed E-state index contributed by atoms with van der Waals surface area (Å²) in [6, 6.07) is 6.42. The Morgan fingerprint density at radius 1 is 1.24 bits per heavy atom. The van der Waals surface area contributed by atoms with Gasteiger partial charge in [-0.05, 0) is 19.1 Å². The maximum Gasteiger partial charge on any atom is 0.341 e. The van der Waals surface area contributed by atoms with E-state index in [0.29, 0.717) is 16.9 Å². The Bertz CT molecular complexity index is 823. The van der Waals surface area contributed by atoms with Crippen molar-refractivity contribution in [1.29, 1.82) is 0 Å². The second kappa shape index (κ2) is 3.85. The van der Waals surface area contributed by atoms with Gasteiger partial charge < -0.3 is 18.6 Å². The highest BCUT2D eigenvalue weighted by Crippen LogP contribution is 2.54. The Morgan fingerprint density at radius 3 is 2.67 bits per heavy atom. The number of methoxy groups -OCH3 is 1. The van der Waals surface area contributed by atoms with Crippen molar-refractivity contribution in [2.75, 3.05) is 7.11 Å². The zero-order valence-corrected chi connectivity index (χ0v) is 11.4. The largest absolute Gasteiger partial charge is 0.496 e. The van der Waals surface area contributed by atoms with Crippen LogP contribution in [0.5, 0.6) is 5.75 Å². The summed E-state index contributed by atoms with van der Waals surface area (Å²) in [4.78, 5) is 23.1. The molecular formula is C15H12O6. The topological polar surface area (TPSA) is 78.3 Å². The van der Waals surface area contributed by atoms with Gasteiger partial charge in [0.1, 0.15) is 17.4 Å². The molecule has 21 heavy (non-hydrogen) atoms. The van der Waals surface area contributed by atoms with Crippen LogP contribution in [0.25, 0.3) is 11.0 Å². The van der Waals surface area contributed by atoms with Crippen LogP contribution >= 0.6 is 0 Å². The van der Waals surface area contributed by atoms with Crippen molar-refractivity contribution in [2.45, 2.75) is 24.7 Å². The molecular weight excluding hydrogens is 276 g/mol. The molecule has 0 aliphatic carbocycles. The van der Waals surface area contributed by atoms with Crippen molar-refractivity contribution in [3.63, 3.8) is 0 Å². The van der Waals surface area contributed by atoms with Crippen LogP contribution in [0.4, 0.5) is 0 Å². The standard InChI is InChI=1S/C15H12O6/c1-15-13(21-15)12(20-14(15)17)8-5-7-3-4-11(16)19-9(7)6-10(8)18-2/h3-6,12-13H,1-2H3/t12-,13+,15+/m1/s1. The molecule has 1 aromatic carbocycles. The zero-order chi connectivity index (χ0) is 14.8. The lowest BCUT2D eigenvalue weighted by molar-refractivity contribution is -0.153. The minimum Gasteiger partial charge on any atom is -0.496 e. The average molecular weight is 288 g/mol. The molecule has 2 fully saturated rings. The van der Waals surface area contributed by atoms with E-state index in [0.717, 1.165) is 5.39 Å². The van der Waals surface area contributed by atoms with E-state index in [9.17, 15) is 9.59 Å². The first-order valence-electron chi connectivity index (χ1n) is 6.53. The molecule has 1 aromatic heterocycles. The number of hydrogen-bond donors (Lipinski definition) is 0. The number of benzene rings is 1. The molecule has 2 aliphatic heterocycles. The summed E-state index contributed by atoms with van der Waals surface area (Å²) < 4.78 is 21.3. The van der Waals surface area contributed by atoms with E-state index in [4.69, 9.17) is 18.6 Å². The number of rotatable bonds is 2. The SMILES string of the molecule is COc1cc2oc(=O)ccc2cc1[C@H]1OC(=O)[C@@]2(C)O[C@@H]12. The lowest BCUT2D eigenvalue weighted by atomic mass is 9.99. The fourth-order valence-electron chi connectivity index (χ4n) is 2.78. The molecule has 0 saturated carbocycles. The number of carbonyl (C=O) groups excluding carboxylic acids is 1. The van der Waals surface area contributed by atoms with Gasteiger partial charge in [0, 0.05) is 23.1 Å². The molecule has 2 saturated heterocycles. The van der Waals surface area contributed by atoms with Crippen LogP contribution in [0.3, 0.4) is 0 Å². The highest BCUT2D eigenvalue weighted by atomic mass is 16.7. The number of carbonyl (C=O) groups is 1. The van der Waals surface area contributed by atoms with Gasteiger partial charge in [0.2, 0.25) is 0 Å². The maximum absolute atomic E-state index is 11.8. The summed E-state index contributed by atoms with van der Waals surface area (Å²) in [6.45, 7) is 1.71. The van der Waals surface area contributed by atoms with E-state index in [1.54, 1.807) is 25.1 Å². The van der Waals surface area contributed by atoms with Crippen LogP contribution < -0.4 is 10.4 Å². The number of fused-ring (bicyclic) bond motifs is 2. The third kappa shape index (κ3) is 1.62. The number of esters is 1. The predicted octanol–water partition coefficient (Wildman–Crippen LogP) is 1.56. The fraction of sp³-hybridized carbons (Fsp3) is 0.333. The first kappa shape index (κ1) is 12.4. The Labute approximate surface area is 119 Å². The molecule has 108 valence electrons.